The number of amides is 1. The van der Waals surface area contributed by atoms with Gasteiger partial charge in [0.15, 0.2) is 5.69 Å². The molecule has 1 saturated heterocycles. The lowest BCUT2D eigenvalue weighted by Gasteiger charge is -2.27. The molecule has 0 spiro atoms. The summed E-state index contributed by atoms with van der Waals surface area (Å²) in [4.78, 5) is 31.1. The first-order chi connectivity index (χ1) is 12.7. The molecule has 26 heavy (non-hydrogen) atoms. The van der Waals surface area contributed by atoms with Crippen molar-refractivity contribution < 1.29 is 4.79 Å². The lowest BCUT2D eigenvalue weighted by Crippen LogP contribution is -2.30. The van der Waals surface area contributed by atoms with E-state index in [9.17, 15) is 9.59 Å². The third-order valence-electron chi connectivity index (χ3n) is 4.60. The largest absolute Gasteiger partial charge is 0.357 e. The molecule has 7 nitrogen and oxygen atoms in total. The first-order valence-electron chi connectivity index (χ1n) is 8.72. The number of pyridine rings is 1. The van der Waals surface area contributed by atoms with E-state index in [0.29, 0.717) is 16.5 Å². The van der Waals surface area contributed by atoms with Gasteiger partial charge in [-0.1, -0.05) is 18.2 Å². The van der Waals surface area contributed by atoms with Crippen LogP contribution in [-0.2, 0) is 0 Å². The van der Waals surface area contributed by atoms with Crippen LogP contribution in [0.4, 0.5) is 11.5 Å². The van der Waals surface area contributed by atoms with Crippen molar-refractivity contribution in [1.29, 1.82) is 0 Å². The maximum Gasteiger partial charge on any atom is 0.276 e. The molecule has 4 rings (SSSR count). The molecule has 0 unspecified atom stereocenters. The van der Waals surface area contributed by atoms with E-state index in [1.165, 1.54) is 19.3 Å². The minimum Gasteiger partial charge on any atom is -0.357 e. The third kappa shape index (κ3) is 3.15. The van der Waals surface area contributed by atoms with Gasteiger partial charge >= 0.3 is 0 Å². The predicted molar refractivity (Wildman–Crippen MR) is 101 cm³/mol. The van der Waals surface area contributed by atoms with Crippen molar-refractivity contribution in [2.45, 2.75) is 19.3 Å². The second-order valence-corrected chi connectivity index (χ2v) is 6.35. The van der Waals surface area contributed by atoms with E-state index in [1.807, 2.05) is 12.1 Å². The normalized spacial score (nSPS) is 14.4. The van der Waals surface area contributed by atoms with Crippen LogP contribution >= 0.6 is 0 Å². The number of carbonyl (C=O) groups excluding carboxylic acids is 1. The van der Waals surface area contributed by atoms with Gasteiger partial charge in [0.25, 0.3) is 11.5 Å². The lowest BCUT2D eigenvalue weighted by molar-refractivity contribution is 0.102. The molecule has 7 heteroatoms. The zero-order valence-electron chi connectivity index (χ0n) is 14.2. The molecule has 0 radical (unpaired) electrons. The molecule has 1 aliphatic rings. The van der Waals surface area contributed by atoms with Crippen molar-refractivity contribution in [3.05, 3.63) is 58.6 Å². The standard InChI is InChI=1S/C19H19N5O2/c25-18-15-7-3-2-6-14(15)17(22-23-18)19(26)21-13-8-9-16(20-12-13)24-10-4-1-5-11-24/h2-3,6-9,12H,1,4-5,10-11H2,(H,21,26)(H,23,25). The molecule has 2 N–H and O–H groups in total. The van der Waals surface area contributed by atoms with E-state index in [0.717, 1.165) is 18.9 Å². The fourth-order valence-corrected chi connectivity index (χ4v) is 3.25. The van der Waals surface area contributed by atoms with E-state index in [2.05, 4.69) is 25.4 Å². The van der Waals surface area contributed by atoms with Crippen molar-refractivity contribution >= 4 is 28.2 Å². The van der Waals surface area contributed by atoms with E-state index in [1.54, 1.807) is 30.5 Å². The summed E-state index contributed by atoms with van der Waals surface area (Å²) in [7, 11) is 0. The van der Waals surface area contributed by atoms with E-state index >= 15 is 0 Å². The number of fused-ring (bicyclic) bond motifs is 1. The van der Waals surface area contributed by atoms with Crippen LogP contribution in [0.5, 0.6) is 0 Å². The molecule has 0 atom stereocenters. The summed E-state index contributed by atoms with van der Waals surface area (Å²) < 4.78 is 0. The molecule has 0 bridgehead atoms. The molecule has 1 fully saturated rings. The summed E-state index contributed by atoms with van der Waals surface area (Å²) in [5.74, 6) is 0.542. The van der Waals surface area contributed by atoms with Gasteiger partial charge in [0.2, 0.25) is 0 Å². The highest BCUT2D eigenvalue weighted by Gasteiger charge is 2.15. The zero-order valence-corrected chi connectivity index (χ0v) is 14.2. The highest BCUT2D eigenvalue weighted by atomic mass is 16.2. The second-order valence-electron chi connectivity index (χ2n) is 6.35. The Bertz CT molecular complexity index is 991. The van der Waals surface area contributed by atoms with Crippen molar-refractivity contribution in [2.75, 3.05) is 23.3 Å². The number of rotatable bonds is 3. The fourth-order valence-electron chi connectivity index (χ4n) is 3.25. The van der Waals surface area contributed by atoms with Crippen molar-refractivity contribution in [3.8, 4) is 0 Å². The van der Waals surface area contributed by atoms with Crippen LogP contribution in [0.1, 0.15) is 29.8 Å². The van der Waals surface area contributed by atoms with Crippen LogP contribution in [0.15, 0.2) is 47.4 Å². The molecule has 2 aromatic heterocycles. The Labute approximate surface area is 150 Å². The lowest BCUT2D eigenvalue weighted by atomic mass is 10.1. The van der Waals surface area contributed by atoms with Gasteiger partial charge < -0.3 is 10.2 Å². The summed E-state index contributed by atoms with van der Waals surface area (Å²) in [5.41, 5.74) is 0.456. The number of H-pyrrole nitrogens is 1. The highest BCUT2D eigenvalue weighted by Crippen LogP contribution is 2.20. The van der Waals surface area contributed by atoms with Gasteiger partial charge in [-0.2, -0.15) is 5.10 Å². The number of aromatic nitrogens is 3. The number of hydrogen-bond donors (Lipinski definition) is 2. The van der Waals surface area contributed by atoms with E-state index in [-0.39, 0.29) is 17.2 Å². The zero-order chi connectivity index (χ0) is 17.9. The minimum absolute atomic E-state index is 0.181. The number of piperidine rings is 1. The minimum atomic E-state index is -0.384. The number of hydrogen-bond acceptors (Lipinski definition) is 5. The van der Waals surface area contributed by atoms with Crippen LogP contribution in [0.3, 0.4) is 0 Å². The van der Waals surface area contributed by atoms with Crippen LogP contribution < -0.4 is 15.8 Å². The first kappa shape index (κ1) is 16.3. The Kier molecular flexibility index (Phi) is 4.35. The van der Waals surface area contributed by atoms with Gasteiger partial charge in [0.1, 0.15) is 5.82 Å². The Morgan fingerprint density at radius 1 is 1.04 bits per heavy atom. The van der Waals surface area contributed by atoms with Gasteiger partial charge in [-0.3, -0.25) is 9.59 Å². The number of aromatic amines is 1. The molecular weight excluding hydrogens is 330 g/mol. The Balaban J connectivity index is 1.55. The SMILES string of the molecule is O=C(Nc1ccc(N2CCCCC2)nc1)c1n[nH]c(=O)c2ccccc12. The van der Waals surface area contributed by atoms with Gasteiger partial charge in [-0.05, 0) is 37.5 Å². The van der Waals surface area contributed by atoms with Crippen molar-refractivity contribution in [3.63, 3.8) is 0 Å². The number of anilines is 2. The Morgan fingerprint density at radius 3 is 2.54 bits per heavy atom. The molecule has 3 heterocycles. The Morgan fingerprint density at radius 2 is 1.81 bits per heavy atom. The molecule has 132 valence electrons. The van der Waals surface area contributed by atoms with Crippen molar-refractivity contribution in [2.24, 2.45) is 0 Å². The maximum absolute atomic E-state index is 12.6. The monoisotopic (exact) mass is 349 g/mol. The number of benzene rings is 1. The third-order valence-corrected chi connectivity index (χ3v) is 4.60. The molecule has 0 saturated carbocycles. The first-order valence-corrected chi connectivity index (χ1v) is 8.72. The van der Waals surface area contributed by atoms with Crippen molar-refractivity contribution in [1.82, 2.24) is 15.2 Å². The summed E-state index contributed by atoms with van der Waals surface area (Å²) >= 11 is 0. The van der Waals surface area contributed by atoms with E-state index < -0.39 is 0 Å². The average Bonchev–Trinajstić information content (AvgIpc) is 2.70. The summed E-state index contributed by atoms with van der Waals surface area (Å²) in [6.07, 6.45) is 5.29. The molecule has 0 aliphatic carbocycles. The molecule has 1 aliphatic heterocycles. The smallest absolute Gasteiger partial charge is 0.276 e. The molecule has 1 aromatic carbocycles. The van der Waals surface area contributed by atoms with Crippen LogP contribution in [0.2, 0.25) is 0 Å². The van der Waals surface area contributed by atoms with Gasteiger partial charge in [0, 0.05) is 18.5 Å². The Hall–Kier alpha value is -3.22. The number of carbonyl (C=O) groups is 1. The molecular formula is C19H19N5O2. The predicted octanol–water partition coefficient (Wildman–Crippen LogP) is 2.56. The quantitative estimate of drug-likeness (QED) is 0.758. The summed E-state index contributed by atoms with van der Waals surface area (Å²) in [5, 5.41) is 10.0. The van der Waals surface area contributed by atoms with Crippen LogP contribution in [-0.4, -0.2) is 34.2 Å². The van der Waals surface area contributed by atoms with Crippen LogP contribution in [0.25, 0.3) is 10.8 Å². The van der Waals surface area contributed by atoms with Crippen LogP contribution in [0, 0.1) is 0 Å². The van der Waals surface area contributed by atoms with E-state index in [4.69, 9.17) is 0 Å². The van der Waals surface area contributed by atoms with Gasteiger partial charge in [-0.25, -0.2) is 10.1 Å². The highest BCUT2D eigenvalue weighted by molar-refractivity contribution is 6.11. The summed E-state index contributed by atoms with van der Waals surface area (Å²) in [6, 6.07) is 10.7. The average molecular weight is 349 g/mol. The maximum atomic E-state index is 12.6. The fraction of sp³-hybridized carbons (Fsp3) is 0.263. The molecule has 1 amide bonds. The second kappa shape index (κ2) is 6.95. The number of nitrogens with one attached hydrogen (secondary N) is 2. The molecule has 3 aromatic rings. The summed E-state index contributed by atoms with van der Waals surface area (Å²) in [6.45, 7) is 2.04. The van der Waals surface area contributed by atoms with Gasteiger partial charge in [-0.15, -0.1) is 0 Å². The topological polar surface area (TPSA) is 91.0 Å². The van der Waals surface area contributed by atoms with Gasteiger partial charge in [0.05, 0.1) is 17.3 Å². The number of nitrogens with zero attached hydrogens (tertiary/aromatic N) is 3.